The highest BCUT2D eigenvalue weighted by Gasteiger charge is 2.24. The van der Waals surface area contributed by atoms with Crippen LogP contribution in [-0.4, -0.2) is 35.2 Å². The van der Waals surface area contributed by atoms with Crippen molar-refractivity contribution >= 4 is 11.3 Å². The molecule has 1 aliphatic rings. The van der Waals surface area contributed by atoms with E-state index >= 15 is 0 Å². The number of aromatic amines is 1. The van der Waals surface area contributed by atoms with Crippen LogP contribution in [0.15, 0.2) is 4.79 Å². The molecule has 0 amide bonds. The Morgan fingerprint density at radius 2 is 2.00 bits per heavy atom. The molecule has 2 heterocycles. The van der Waals surface area contributed by atoms with Gasteiger partial charge in [-0.1, -0.05) is 25.2 Å². The van der Waals surface area contributed by atoms with E-state index in [9.17, 15) is 4.79 Å². The Hall–Kier alpha value is -0.650. The van der Waals surface area contributed by atoms with Crippen molar-refractivity contribution in [1.29, 1.82) is 0 Å². The summed E-state index contributed by atoms with van der Waals surface area (Å²) in [6.07, 6.45) is 0.541. The van der Waals surface area contributed by atoms with E-state index < -0.39 is 0 Å². The molecule has 18 heavy (non-hydrogen) atoms. The van der Waals surface area contributed by atoms with Gasteiger partial charge >= 0.3 is 4.87 Å². The summed E-state index contributed by atoms with van der Waals surface area (Å²) in [4.78, 5) is 18.1. The number of morpholine rings is 1. The molecule has 0 aliphatic carbocycles. The van der Waals surface area contributed by atoms with Gasteiger partial charge in [0.2, 0.25) is 0 Å². The third-order valence-corrected chi connectivity index (χ3v) is 4.08. The molecule has 1 aliphatic heterocycles. The highest BCUT2D eigenvalue weighted by Crippen LogP contribution is 2.22. The van der Waals surface area contributed by atoms with Gasteiger partial charge in [-0.3, -0.25) is 9.69 Å². The minimum atomic E-state index is 0.0584. The molecule has 2 rings (SSSR count). The van der Waals surface area contributed by atoms with Crippen LogP contribution >= 0.6 is 11.3 Å². The van der Waals surface area contributed by atoms with Crippen molar-refractivity contribution in [3.8, 4) is 0 Å². The zero-order valence-corrected chi connectivity index (χ0v) is 12.3. The van der Waals surface area contributed by atoms with E-state index in [1.54, 1.807) is 0 Å². The van der Waals surface area contributed by atoms with Crippen LogP contribution in [0.1, 0.15) is 44.2 Å². The summed E-state index contributed by atoms with van der Waals surface area (Å²) < 4.78 is 5.73. The summed E-state index contributed by atoms with van der Waals surface area (Å²) in [6.45, 7) is 11.2. The van der Waals surface area contributed by atoms with Gasteiger partial charge in [0.05, 0.1) is 12.2 Å². The van der Waals surface area contributed by atoms with E-state index in [0.29, 0.717) is 5.92 Å². The van der Waals surface area contributed by atoms with Crippen LogP contribution in [0.2, 0.25) is 0 Å². The molecule has 1 fully saturated rings. The zero-order valence-electron chi connectivity index (χ0n) is 11.5. The number of nitrogens with one attached hydrogen (secondary N) is 1. The molecule has 1 aromatic heterocycles. The molecular weight excluding hydrogens is 248 g/mol. The van der Waals surface area contributed by atoms with E-state index in [1.165, 1.54) is 16.2 Å². The number of rotatable bonds is 3. The van der Waals surface area contributed by atoms with Crippen molar-refractivity contribution < 1.29 is 4.74 Å². The molecule has 1 N–H and O–H groups in total. The van der Waals surface area contributed by atoms with Crippen molar-refractivity contribution in [1.82, 2.24) is 9.88 Å². The first-order valence-electron chi connectivity index (χ1n) is 6.55. The van der Waals surface area contributed by atoms with Crippen LogP contribution in [0.3, 0.4) is 0 Å². The third-order valence-electron chi connectivity index (χ3n) is 3.19. The zero-order chi connectivity index (χ0) is 13.3. The van der Waals surface area contributed by atoms with Gasteiger partial charge in [-0.25, -0.2) is 0 Å². The summed E-state index contributed by atoms with van der Waals surface area (Å²) in [6, 6.07) is 0. The SMILES string of the molecule is CC1CN(Cc2sc(=O)[nH]c2C(C)C)CC(C)O1. The second-order valence-electron chi connectivity index (χ2n) is 5.46. The van der Waals surface area contributed by atoms with Crippen LogP contribution < -0.4 is 4.87 Å². The number of nitrogens with zero attached hydrogens (tertiary/aromatic N) is 1. The summed E-state index contributed by atoms with van der Waals surface area (Å²) in [5.41, 5.74) is 1.09. The van der Waals surface area contributed by atoms with Gasteiger partial charge in [0.15, 0.2) is 0 Å². The maximum Gasteiger partial charge on any atom is 0.304 e. The number of hydrogen-bond acceptors (Lipinski definition) is 4. The van der Waals surface area contributed by atoms with Gasteiger partial charge in [-0.2, -0.15) is 0 Å². The fourth-order valence-corrected chi connectivity index (χ4v) is 3.60. The van der Waals surface area contributed by atoms with E-state index in [2.05, 4.69) is 37.6 Å². The van der Waals surface area contributed by atoms with Crippen molar-refractivity contribution in [2.24, 2.45) is 0 Å². The maximum atomic E-state index is 11.5. The first-order chi connectivity index (χ1) is 8.45. The highest BCUT2D eigenvalue weighted by atomic mass is 32.1. The quantitative estimate of drug-likeness (QED) is 0.915. The maximum absolute atomic E-state index is 11.5. The predicted octanol–water partition coefficient (Wildman–Crippen LogP) is 2.17. The van der Waals surface area contributed by atoms with Crippen molar-refractivity contribution in [3.05, 3.63) is 20.2 Å². The molecule has 1 aromatic rings. The van der Waals surface area contributed by atoms with Crippen molar-refractivity contribution in [2.45, 2.75) is 52.4 Å². The Balaban J connectivity index is 2.11. The first kappa shape index (κ1) is 13.8. The smallest absolute Gasteiger partial charge is 0.304 e. The van der Waals surface area contributed by atoms with Crippen LogP contribution in [0.4, 0.5) is 0 Å². The lowest BCUT2D eigenvalue weighted by atomic mass is 10.1. The van der Waals surface area contributed by atoms with E-state index in [-0.39, 0.29) is 17.1 Å². The molecule has 2 atom stereocenters. The fraction of sp³-hybridized carbons (Fsp3) is 0.769. The Kier molecular flexibility index (Phi) is 4.25. The second kappa shape index (κ2) is 5.55. The molecular formula is C13H22N2O2S. The average Bonchev–Trinajstić information content (AvgIpc) is 2.57. The number of ether oxygens (including phenoxy) is 1. The van der Waals surface area contributed by atoms with Crippen LogP contribution in [0.5, 0.6) is 0 Å². The van der Waals surface area contributed by atoms with Crippen LogP contribution in [-0.2, 0) is 11.3 Å². The highest BCUT2D eigenvalue weighted by molar-refractivity contribution is 7.09. The van der Waals surface area contributed by atoms with Crippen LogP contribution in [0, 0.1) is 0 Å². The minimum Gasteiger partial charge on any atom is -0.373 e. The molecule has 102 valence electrons. The minimum absolute atomic E-state index is 0.0584. The number of thiazole rings is 1. The number of aromatic nitrogens is 1. The lowest BCUT2D eigenvalue weighted by molar-refractivity contribution is -0.0703. The third kappa shape index (κ3) is 3.22. The topological polar surface area (TPSA) is 45.3 Å². The van der Waals surface area contributed by atoms with Gasteiger partial charge < -0.3 is 9.72 Å². The monoisotopic (exact) mass is 270 g/mol. The van der Waals surface area contributed by atoms with Gasteiger partial charge in [0, 0.05) is 30.2 Å². The lowest BCUT2D eigenvalue weighted by Gasteiger charge is -2.35. The summed E-state index contributed by atoms with van der Waals surface area (Å²) in [5.74, 6) is 0.370. The Morgan fingerprint density at radius 3 is 2.56 bits per heavy atom. The standard InChI is InChI=1S/C13H22N2O2S/c1-8(2)12-11(18-13(16)14-12)7-15-5-9(3)17-10(4)6-15/h8-10H,5-7H2,1-4H3,(H,14,16). The summed E-state index contributed by atoms with van der Waals surface area (Å²) >= 11 is 1.35. The Bertz CT molecular complexity index is 442. The van der Waals surface area contributed by atoms with Gasteiger partial charge in [0.25, 0.3) is 0 Å². The van der Waals surface area contributed by atoms with E-state index in [0.717, 1.165) is 25.3 Å². The first-order valence-corrected chi connectivity index (χ1v) is 7.37. The molecule has 0 bridgehead atoms. The molecule has 0 saturated carbocycles. The van der Waals surface area contributed by atoms with Gasteiger partial charge in [0.1, 0.15) is 0 Å². The lowest BCUT2D eigenvalue weighted by Crippen LogP contribution is -2.44. The normalized spacial score (nSPS) is 25.8. The largest absolute Gasteiger partial charge is 0.373 e. The van der Waals surface area contributed by atoms with Crippen molar-refractivity contribution in [2.75, 3.05) is 13.1 Å². The molecule has 0 radical (unpaired) electrons. The Labute approximate surface area is 112 Å². The molecule has 4 nitrogen and oxygen atoms in total. The molecule has 0 aromatic carbocycles. The fourth-order valence-electron chi connectivity index (χ4n) is 2.57. The predicted molar refractivity (Wildman–Crippen MR) is 74.3 cm³/mol. The number of H-pyrrole nitrogens is 1. The average molecular weight is 270 g/mol. The van der Waals surface area contributed by atoms with E-state index in [4.69, 9.17) is 4.74 Å². The van der Waals surface area contributed by atoms with Crippen molar-refractivity contribution in [3.63, 3.8) is 0 Å². The summed E-state index contributed by atoms with van der Waals surface area (Å²) in [7, 11) is 0. The van der Waals surface area contributed by atoms with Crippen LogP contribution in [0.25, 0.3) is 0 Å². The van der Waals surface area contributed by atoms with E-state index in [1.807, 2.05) is 0 Å². The number of hydrogen-bond donors (Lipinski definition) is 1. The van der Waals surface area contributed by atoms with Gasteiger partial charge in [-0.15, -0.1) is 0 Å². The Morgan fingerprint density at radius 1 is 1.39 bits per heavy atom. The van der Waals surface area contributed by atoms with Gasteiger partial charge in [-0.05, 0) is 19.8 Å². The molecule has 5 heteroatoms. The molecule has 2 unspecified atom stereocenters. The summed E-state index contributed by atoms with van der Waals surface area (Å²) in [5, 5.41) is 0. The molecule has 0 spiro atoms. The molecule has 1 saturated heterocycles. The second-order valence-corrected chi connectivity index (χ2v) is 6.53.